The predicted molar refractivity (Wildman–Crippen MR) is 124 cm³/mol. The second kappa shape index (κ2) is 7.62. The van der Waals surface area contributed by atoms with Crippen molar-refractivity contribution in [2.75, 3.05) is 7.11 Å². The van der Waals surface area contributed by atoms with Gasteiger partial charge in [0.2, 0.25) is 0 Å². The summed E-state index contributed by atoms with van der Waals surface area (Å²) in [7, 11) is 1.68. The lowest BCUT2D eigenvalue weighted by Gasteiger charge is -2.24. The molecule has 0 N–H and O–H groups in total. The summed E-state index contributed by atoms with van der Waals surface area (Å²) in [6.07, 6.45) is 0. The molecule has 0 fully saturated rings. The van der Waals surface area contributed by atoms with Crippen molar-refractivity contribution in [1.82, 2.24) is 4.98 Å². The van der Waals surface area contributed by atoms with Crippen molar-refractivity contribution in [3.8, 4) is 45.1 Å². The van der Waals surface area contributed by atoms with Gasteiger partial charge in [-0.05, 0) is 60.5 Å². The summed E-state index contributed by atoms with van der Waals surface area (Å²) in [4.78, 5) is 5.10. The molecule has 30 heavy (non-hydrogen) atoms. The van der Waals surface area contributed by atoms with E-state index in [-0.39, 0.29) is 0 Å². The van der Waals surface area contributed by atoms with Gasteiger partial charge >= 0.3 is 0 Å². The Bertz CT molecular complexity index is 1230. The zero-order chi connectivity index (χ0) is 20.7. The number of aromatic nitrogens is 1. The Labute approximate surface area is 184 Å². The minimum Gasteiger partial charge on any atom is -0.497 e. The van der Waals surface area contributed by atoms with Gasteiger partial charge in [-0.25, -0.2) is 4.98 Å². The van der Waals surface area contributed by atoms with Crippen molar-refractivity contribution in [2.45, 2.75) is 13.5 Å². The first-order valence-corrected chi connectivity index (χ1v) is 10.6. The number of methoxy groups -OCH3 is 1. The van der Waals surface area contributed by atoms with Crippen LogP contribution in [0, 0.1) is 6.92 Å². The van der Waals surface area contributed by atoms with E-state index in [1.54, 1.807) is 7.11 Å². The number of ether oxygens (including phenoxy) is 2. The Morgan fingerprint density at radius 2 is 1.60 bits per heavy atom. The number of fused-ring (bicyclic) bond motifs is 3. The molecule has 0 aliphatic carbocycles. The molecule has 0 spiro atoms. The standard InChI is InChI=1S/C26H20BrNO2/c1-16-3-12-25-22(13-16)26-23(15-30-25)21(17-6-10-20(29-2)11-7-17)14-24(28-26)18-4-8-19(27)9-5-18/h3-14H,15H2,1-2H3. The van der Waals surface area contributed by atoms with Gasteiger partial charge in [-0.2, -0.15) is 0 Å². The summed E-state index contributed by atoms with van der Waals surface area (Å²) < 4.78 is 12.5. The molecular weight excluding hydrogens is 438 g/mol. The van der Waals surface area contributed by atoms with Crippen LogP contribution in [0.15, 0.2) is 77.3 Å². The topological polar surface area (TPSA) is 31.4 Å². The van der Waals surface area contributed by atoms with Crippen molar-refractivity contribution in [1.29, 1.82) is 0 Å². The number of benzene rings is 3. The molecule has 0 radical (unpaired) electrons. The maximum absolute atomic E-state index is 6.10. The van der Waals surface area contributed by atoms with E-state index in [0.29, 0.717) is 6.61 Å². The molecule has 0 saturated carbocycles. The van der Waals surface area contributed by atoms with E-state index >= 15 is 0 Å². The number of aryl methyl sites for hydroxylation is 1. The molecule has 0 saturated heterocycles. The van der Waals surface area contributed by atoms with Gasteiger partial charge in [-0.3, -0.25) is 0 Å². The number of pyridine rings is 1. The van der Waals surface area contributed by atoms with E-state index < -0.39 is 0 Å². The minimum absolute atomic E-state index is 0.500. The molecule has 0 amide bonds. The molecule has 1 aromatic heterocycles. The Hall–Kier alpha value is -3.11. The van der Waals surface area contributed by atoms with Crippen LogP contribution in [0.2, 0.25) is 0 Å². The lowest BCUT2D eigenvalue weighted by atomic mass is 9.92. The van der Waals surface area contributed by atoms with Gasteiger partial charge in [0.15, 0.2) is 0 Å². The zero-order valence-corrected chi connectivity index (χ0v) is 18.4. The Kier molecular flexibility index (Phi) is 4.80. The highest BCUT2D eigenvalue weighted by Gasteiger charge is 2.24. The van der Waals surface area contributed by atoms with E-state index in [4.69, 9.17) is 14.5 Å². The molecule has 0 unspecified atom stereocenters. The first-order chi connectivity index (χ1) is 14.6. The molecule has 3 aromatic carbocycles. The van der Waals surface area contributed by atoms with Crippen molar-refractivity contribution in [2.24, 2.45) is 0 Å². The third-order valence-electron chi connectivity index (χ3n) is 5.43. The SMILES string of the molecule is COc1ccc(-c2cc(-c3ccc(Br)cc3)nc3c2COc2ccc(C)cc2-3)cc1. The van der Waals surface area contributed by atoms with Crippen molar-refractivity contribution < 1.29 is 9.47 Å². The van der Waals surface area contributed by atoms with Gasteiger partial charge in [-0.1, -0.05) is 51.8 Å². The number of hydrogen-bond donors (Lipinski definition) is 0. The monoisotopic (exact) mass is 457 g/mol. The fourth-order valence-electron chi connectivity index (χ4n) is 3.84. The normalized spacial score (nSPS) is 12.0. The van der Waals surface area contributed by atoms with E-state index in [2.05, 4.69) is 65.3 Å². The van der Waals surface area contributed by atoms with Crippen LogP contribution in [0.5, 0.6) is 11.5 Å². The van der Waals surface area contributed by atoms with E-state index in [1.807, 2.05) is 30.3 Å². The van der Waals surface area contributed by atoms with Gasteiger partial charge < -0.3 is 9.47 Å². The summed E-state index contributed by atoms with van der Waals surface area (Å²) in [5.41, 5.74) is 8.61. The maximum atomic E-state index is 6.10. The lowest BCUT2D eigenvalue weighted by molar-refractivity contribution is 0.302. The zero-order valence-electron chi connectivity index (χ0n) is 16.8. The van der Waals surface area contributed by atoms with Crippen LogP contribution in [0.1, 0.15) is 11.1 Å². The highest BCUT2D eigenvalue weighted by atomic mass is 79.9. The average Bonchev–Trinajstić information content (AvgIpc) is 2.79. The lowest BCUT2D eigenvalue weighted by Crippen LogP contribution is -2.10. The van der Waals surface area contributed by atoms with Gasteiger partial charge in [0.25, 0.3) is 0 Å². The summed E-state index contributed by atoms with van der Waals surface area (Å²) >= 11 is 3.52. The van der Waals surface area contributed by atoms with E-state index in [9.17, 15) is 0 Å². The molecule has 1 aliphatic heterocycles. The molecule has 2 heterocycles. The summed E-state index contributed by atoms with van der Waals surface area (Å²) in [6, 6.07) is 24.9. The fraction of sp³-hybridized carbons (Fsp3) is 0.115. The predicted octanol–water partition coefficient (Wildman–Crippen LogP) is 7.05. The van der Waals surface area contributed by atoms with Crippen LogP contribution in [0.25, 0.3) is 33.6 Å². The Balaban J connectivity index is 1.76. The maximum Gasteiger partial charge on any atom is 0.129 e. The van der Waals surface area contributed by atoms with Crippen LogP contribution in [-0.4, -0.2) is 12.1 Å². The number of nitrogens with zero attached hydrogens (tertiary/aromatic N) is 1. The fourth-order valence-corrected chi connectivity index (χ4v) is 4.11. The van der Waals surface area contributed by atoms with E-state index in [0.717, 1.165) is 55.2 Å². The molecule has 4 heteroatoms. The molecule has 3 nitrogen and oxygen atoms in total. The third-order valence-corrected chi connectivity index (χ3v) is 5.96. The summed E-state index contributed by atoms with van der Waals surface area (Å²) in [5.74, 6) is 1.72. The number of rotatable bonds is 3. The van der Waals surface area contributed by atoms with Crippen molar-refractivity contribution in [3.05, 3.63) is 88.4 Å². The molecule has 0 bridgehead atoms. The minimum atomic E-state index is 0.500. The first-order valence-electron chi connectivity index (χ1n) is 9.80. The van der Waals surface area contributed by atoms with Crippen LogP contribution in [0.4, 0.5) is 0 Å². The van der Waals surface area contributed by atoms with Crippen molar-refractivity contribution >= 4 is 15.9 Å². The first kappa shape index (κ1) is 18.9. The number of hydrogen-bond acceptors (Lipinski definition) is 3. The van der Waals surface area contributed by atoms with Crippen LogP contribution >= 0.6 is 15.9 Å². The number of halogens is 1. The van der Waals surface area contributed by atoms with Gasteiger partial charge in [-0.15, -0.1) is 0 Å². The molecule has 5 rings (SSSR count). The quantitative estimate of drug-likeness (QED) is 0.330. The third kappa shape index (κ3) is 3.37. The largest absolute Gasteiger partial charge is 0.497 e. The Morgan fingerprint density at radius 3 is 2.33 bits per heavy atom. The molecule has 4 aromatic rings. The second-order valence-corrected chi connectivity index (χ2v) is 8.32. The van der Waals surface area contributed by atoms with Crippen molar-refractivity contribution in [3.63, 3.8) is 0 Å². The smallest absolute Gasteiger partial charge is 0.129 e. The average molecular weight is 458 g/mol. The Morgan fingerprint density at radius 1 is 0.867 bits per heavy atom. The van der Waals surface area contributed by atoms with Crippen LogP contribution in [0.3, 0.4) is 0 Å². The van der Waals surface area contributed by atoms with Gasteiger partial charge in [0.05, 0.1) is 18.5 Å². The van der Waals surface area contributed by atoms with Crippen LogP contribution < -0.4 is 9.47 Å². The summed E-state index contributed by atoms with van der Waals surface area (Å²) in [6.45, 7) is 2.60. The molecular formula is C26H20BrNO2. The molecule has 148 valence electrons. The summed E-state index contributed by atoms with van der Waals surface area (Å²) in [5, 5.41) is 0. The van der Waals surface area contributed by atoms with Gasteiger partial charge in [0.1, 0.15) is 18.1 Å². The van der Waals surface area contributed by atoms with E-state index in [1.165, 1.54) is 5.56 Å². The molecule has 0 atom stereocenters. The highest BCUT2D eigenvalue weighted by molar-refractivity contribution is 9.10. The van der Waals surface area contributed by atoms with Gasteiger partial charge in [0, 0.05) is 21.2 Å². The second-order valence-electron chi connectivity index (χ2n) is 7.41. The molecule has 1 aliphatic rings. The van der Waals surface area contributed by atoms with Crippen LogP contribution in [-0.2, 0) is 6.61 Å². The highest BCUT2D eigenvalue weighted by Crippen LogP contribution is 2.42.